The lowest BCUT2D eigenvalue weighted by molar-refractivity contribution is 0.0826. The summed E-state index contributed by atoms with van der Waals surface area (Å²) >= 11 is 0. The molecule has 3 aromatic carbocycles. The molecule has 0 spiro atoms. The molecule has 1 aliphatic rings. The van der Waals surface area contributed by atoms with Crippen molar-refractivity contribution in [2.45, 2.75) is 69.6 Å². The molecule has 260 valence electrons. The molecule has 0 unspecified atom stereocenters. The van der Waals surface area contributed by atoms with Gasteiger partial charge in [-0.1, -0.05) is 49.2 Å². The maximum Gasteiger partial charge on any atom is 0.411 e. The number of carbonyl (C=O) groups is 1. The van der Waals surface area contributed by atoms with Gasteiger partial charge in [-0.3, -0.25) is 19.5 Å². The molecule has 7 N–H and O–H groups in total. The first kappa shape index (κ1) is 37.9. The van der Waals surface area contributed by atoms with Gasteiger partial charge in [0, 0.05) is 35.7 Å². The van der Waals surface area contributed by atoms with Gasteiger partial charge < -0.3 is 35.7 Å². The third-order valence-corrected chi connectivity index (χ3v) is 8.43. The number of hydrogen-bond donors (Lipinski definition) is 6. The number of halogens is 2. The molecule has 1 amide bonds. The van der Waals surface area contributed by atoms with E-state index in [0.717, 1.165) is 69.0 Å². The predicted molar refractivity (Wildman–Crippen MR) is 185 cm³/mol. The molecular weight excluding hydrogens is 622 g/mol. The number of aromatic nitrogens is 1. The van der Waals surface area contributed by atoms with Crippen molar-refractivity contribution in [1.82, 2.24) is 10.3 Å². The second kappa shape index (κ2) is 18.7. The Hall–Kier alpha value is -4.52. The van der Waals surface area contributed by atoms with Crippen LogP contribution in [0, 0.1) is 0 Å². The molecule has 1 fully saturated rings. The molecule has 12 heteroatoms. The Bertz CT molecular complexity index is 1650. The average molecular weight is 669 g/mol. The number of amides is 1. The van der Waals surface area contributed by atoms with Crippen molar-refractivity contribution in [1.29, 1.82) is 0 Å². The van der Waals surface area contributed by atoms with E-state index in [4.69, 9.17) is 15.2 Å². The van der Waals surface area contributed by atoms with Gasteiger partial charge in [0.15, 0.2) is 0 Å². The molecule has 1 aliphatic carbocycles. The maximum atomic E-state index is 12.8. The zero-order valence-electron chi connectivity index (χ0n) is 26.9. The first-order chi connectivity index (χ1) is 22.4. The van der Waals surface area contributed by atoms with Crippen LogP contribution in [-0.2, 0) is 4.74 Å². The lowest BCUT2D eigenvalue weighted by atomic mass is 9.94. The summed E-state index contributed by atoms with van der Waals surface area (Å²) in [4.78, 5) is 27.1. The minimum absolute atomic E-state index is 0. The highest BCUT2D eigenvalue weighted by molar-refractivity contribution is 5.92. The highest BCUT2D eigenvalue weighted by atomic mass is 19.0. The van der Waals surface area contributed by atoms with Crippen LogP contribution in [0.25, 0.3) is 22.0 Å². The number of nitrogens with two attached hydrogens (primary N) is 1. The SMILES string of the molecule is F.F.NC1CCC(OC(=O)Nc2cc(OCCCCCCNC[C@H](O)c3ccc(O)c4[nH]c(=O)ccc34)ccc2-c2ccccc2)CC1. The number of phenols is 1. The van der Waals surface area contributed by atoms with Crippen molar-refractivity contribution in [2.75, 3.05) is 25.0 Å². The average Bonchev–Trinajstić information content (AvgIpc) is 3.06. The van der Waals surface area contributed by atoms with Crippen molar-refractivity contribution < 1.29 is 33.9 Å². The van der Waals surface area contributed by atoms with Gasteiger partial charge in [0.2, 0.25) is 5.56 Å². The summed E-state index contributed by atoms with van der Waals surface area (Å²) in [5.74, 6) is 0.655. The first-order valence-electron chi connectivity index (χ1n) is 16.2. The molecule has 10 nitrogen and oxygen atoms in total. The fourth-order valence-electron chi connectivity index (χ4n) is 5.88. The standard InChI is InChI=1S/C36H44N4O6.2FH/c37-25-10-12-26(13-11-25)46-36(44)39-31-22-27(14-15-28(31)24-8-4-3-5-9-24)45-21-7-2-1-6-20-38-23-33(42)29-16-18-32(41)35-30(29)17-19-34(43)40-35;;/h3-5,8-9,14-19,22,25-26,33,38,41-42H,1-2,6-7,10-13,20-21,23,37H2,(H,39,44)(H,40,43);2*1H/t25?,26?,33-;;/m0../s1. The lowest BCUT2D eigenvalue weighted by Crippen LogP contribution is -2.32. The zero-order chi connectivity index (χ0) is 32.3. The van der Waals surface area contributed by atoms with Crippen molar-refractivity contribution >= 4 is 22.7 Å². The number of anilines is 1. The molecule has 1 heterocycles. The Kier molecular flexibility index (Phi) is 14.8. The van der Waals surface area contributed by atoms with Gasteiger partial charge >= 0.3 is 6.09 Å². The molecule has 1 saturated carbocycles. The number of ether oxygens (including phenoxy) is 2. The fraction of sp³-hybridized carbons (Fsp3) is 0.389. The number of aliphatic hydroxyl groups excluding tert-OH is 1. The topological polar surface area (TPSA) is 159 Å². The molecule has 1 aromatic heterocycles. The predicted octanol–water partition coefficient (Wildman–Crippen LogP) is 6.29. The minimum atomic E-state index is -0.775. The summed E-state index contributed by atoms with van der Waals surface area (Å²) in [6.45, 7) is 1.67. The van der Waals surface area contributed by atoms with Crippen molar-refractivity contribution in [3.63, 3.8) is 0 Å². The zero-order valence-corrected chi connectivity index (χ0v) is 26.9. The van der Waals surface area contributed by atoms with E-state index in [1.807, 2.05) is 48.5 Å². The van der Waals surface area contributed by atoms with E-state index in [1.54, 1.807) is 12.1 Å². The summed E-state index contributed by atoms with van der Waals surface area (Å²) < 4.78 is 11.7. The summed E-state index contributed by atoms with van der Waals surface area (Å²) in [5.41, 5.74) is 9.18. The summed E-state index contributed by atoms with van der Waals surface area (Å²) in [5, 5.41) is 27.6. The van der Waals surface area contributed by atoms with Crippen LogP contribution in [0.5, 0.6) is 11.5 Å². The van der Waals surface area contributed by atoms with Gasteiger partial charge in [-0.25, -0.2) is 4.79 Å². The number of aliphatic hydroxyl groups is 1. The van der Waals surface area contributed by atoms with E-state index in [1.165, 1.54) is 12.1 Å². The smallest absolute Gasteiger partial charge is 0.411 e. The normalized spacial score (nSPS) is 16.3. The van der Waals surface area contributed by atoms with Gasteiger partial charge in [0.1, 0.15) is 17.6 Å². The van der Waals surface area contributed by atoms with Crippen LogP contribution in [0.15, 0.2) is 77.6 Å². The molecular formula is C36H46F2N4O6. The number of pyridine rings is 1. The minimum Gasteiger partial charge on any atom is -0.506 e. The van der Waals surface area contributed by atoms with Crippen molar-refractivity contribution in [2.24, 2.45) is 5.73 Å². The van der Waals surface area contributed by atoms with Crippen LogP contribution < -0.4 is 26.7 Å². The first-order valence-corrected chi connectivity index (χ1v) is 16.2. The number of fused-ring (bicyclic) bond motifs is 1. The monoisotopic (exact) mass is 668 g/mol. The number of aromatic hydroxyl groups is 1. The Morgan fingerprint density at radius 2 is 1.69 bits per heavy atom. The number of H-pyrrole nitrogens is 1. The third kappa shape index (κ3) is 10.5. The number of aromatic amines is 1. The van der Waals surface area contributed by atoms with Crippen LogP contribution in [0.1, 0.15) is 63.0 Å². The fourth-order valence-corrected chi connectivity index (χ4v) is 5.88. The molecule has 5 rings (SSSR count). The van der Waals surface area contributed by atoms with Crippen LogP contribution in [0.2, 0.25) is 0 Å². The van der Waals surface area contributed by atoms with E-state index in [2.05, 4.69) is 15.6 Å². The number of phenolic OH excluding ortho intramolecular Hbond substituents is 1. The third-order valence-electron chi connectivity index (χ3n) is 8.43. The number of nitrogens with one attached hydrogen (secondary N) is 3. The maximum absolute atomic E-state index is 12.8. The molecule has 0 aliphatic heterocycles. The second-order valence-electron chi connectivity index (χ2n) is 11.9. The van der Waals surface area contributed by atoms with E-state index >= 15 is 0 Å². The van der Waals surface area contributed by atoms with Gasteiger partial charge in [-0.15, -0.1) is 0 Å². The van der Waals surface area contributed by atoms with Gasteiger partial charge in [0.25, 0.3) is 0 Å². The van der Waals surface area contributed by atoms with Gasteiger partial charge in [-0.05, 0) is 80.5 Å². The molecule has 1 atom stereocenters. The molecule has 0 saturated heterocycles. The van der Waals surface area contributed by atoms with Gasteiger partial charge in [0.05, 0.1) is 23.9 Å². The summed E-state index contributed by atoms with van der Waals surface area (Å²) in [6, 6.07) is 22.0. The van der Waals surface area contributed by atoms with E-state index in [0.29, 0.717) is 41.1 Å². The second-order valence-corrected chi connectivity index (χ2v) is 11.9. The van der Waals surface area contributed by atoms with Crippen molar-refractivity contribution in [3.05, 3.63) is 88.7 Å². The number of carbonyl (C=O) groups excluding carboxylic acids is 1. The quantitative estimate of drug-likeness (QED) is 0.0856. The lowest BCUT2D eigenvalue weighted by Gasteiger charge is -2.26. The van der Waals surface area contributed by atoms with E-state index in [-0.39, 0.29) is 32.9 Å². The molecule has 4 aromatic rings. The van der Waals surface area contributed by atoms with Crippen LogP contribution in [0.3, 0.4) is 0 Å². The van der Waals surface area contributed by atoms with Crippen LogP contribution in [0.4, 0.5) is 19.9 Å². The summed E-state index contributed by atoms with van der Waals surface area (Å²) in [7, 11) is 0. The molecule has 0 bridgehead atoms. The highest BCUT2D eigenvalue weighted by Crippen LogP contribution is 2.32. The van der Waals surface area contributed by atoms with Crippen LogP contribution >= 0.6 is 0 Å². The van der Waals surface area contributed by atoms with Crippen LogP contribution in [-0.4, -0.2) is 53.1 Å². The Morgan fingerprint density at radius 3 is 2.46 bits per heavy atom. The molecule has 0 radical (unpaired) electrons. The highest BCUT2D eigenvalue weighted by Gasteiger charge is 2.22. The van der Waals surface area contributed by atoms with Crippen molar-refractivity contribution in [3.8, 4) is 22.6 Å². The van der Waals surface area contributed by atoms with Gasteiger partial charge in [-0.2, -0.15) is 0 Å². The summed E-state index contributed by atoms with van der Waals surface area (Å²) in [6.07, 6.45) is 5.75. The Balaban J connectivity index is 0.00000312. The Morgan fingerprint density at radius 1 is 0.938 bits per heavy atom. The Labute approximate surface area is 278 Å². The van der Waals surface area contributed by atoms with E-state index < -0.39 is 12.2 Å². The number of benzene rings is 3. The number of hydrogen-bond acceptors (Lipinski definition) is 8. The largest absolute Gasteiger partial charge is 0.506 e. The number of unbranched alkanes of at least 4 members (excludes halogenated alkanes) is 3. The van der Waals surface area contributed by atoms with E-state index in [9.17, 15) is 19.8 Å². The molecule has 48 heavy (non-hydrogen) atoms. The number of rotatable bonds is 14.